The summed E-state index contributed by atoms with van der Waals surface area (Å²) >= 11 is 0. The second-order valence-electron chi connectivity index (χ2n) is 4.55. The molecule has 0 saturated heterocycles. The smallest absolute Gasteiger partial charge is 0.297 e. The Morgan fingerprint density at radius 1 is 0.917 bits per heavy atom. The van der Waals surface area contributed by atoms with Crippen LogP contribution in [-0.2, 0) is 20.2 Å². The number of nitrogens with two attached hydrogens (primary N) is 1. The van der Waals surface area contributed by atoms with Gasteiger partial charge in [0.1, 0.15) is 9.79 Å². The predicted molar refractivity (Wildman–Crippen MR) is 86.6 cm³/mol. The first-order chi connectivity index (χ1) is 11.1. The molecule has 11 heteroatoms. The van der Waals surface area contributed by atoms with E-state index in [2.05, 4.69) is 10.2 Å². The van der Waals surface area contributed by atoms with Gasteiger partial charge in [0.25, 0.3) is 20.2 Å². The maximum atomic E-state index is 11.3. The molecule has 3 aromatic rings. The lowest BCUT2D eigenvalue weighted by Gasteiger charge is -2.09. The van der Waals surface area contributed by atoms with Crippen molar-refractivity contribution in [3.63, 3.8) is 0 Å². The molecule has 0 bridgehead atoms. The molecular formula is C13H13N3O6S2. The van der Waals surface area contributed by atoms with E-state index in [9.17, 15) is 16.8 Å². The lowest BCUT2D eigenvalue weighted by atomic mass is 10.1. The van der Waals surface area contributed by atoms with Gasteiger partial charge in [0.05, 0.1) is 5.69 Å². The fourth-order valence-electron chi connectivity index (χ4n) is 2.05. The van der Waals surface area contributed by atoms with E-state index in [1.807, 2.05) is 6.07 Å². The van der Waals surface area contributed by atoms with Gasteiger partial charge in [-0.2, -0.15) is 21.9 Å². The Morgan fingerprint density at radius 2 is 1.62 bits per heavy atom. The summed E-state index contributed by atoms with van der Waals surface area (Å²) in [4.78, 5) is -1.05. The Kier molecular flexibility index (Phi) is 4.89. The predicted octanol–water partition coefficient (Wildman–Crippen LogP) is 1.33. The van der Waals surface area contributed by atoms with Crippen molar-refractivity contribution < 1.29 is 25.9 Å². The minimum absolute atomic E-state index is 0.0492. The van der Waals surface area contributed by atoms with Gasteiger partial charge in [0.15, 0.2) is 0 Å². The monoisotopic (exact) mass is 371 g/mol. The van der Waals surface area contributed by atoms with Gasteiger partial charge in [-0.1, -0.05) is 18.2 Å². The minimum Gasteiger partial charge on any atom is -0.398 e. The van der Waals surface area contributed by atoms with E-state index in [0.717, 1.165) is 12.1 Å². The average molecular weight is 371 g/mol. The molecule has 1 heterocycles. The van der Waals surface area contributed by atoms with E-state index in [4.69, 9.17) is 14.8 Å². The first-order valence-corrected chi connectivity index (χ1v) is 9.20. The molecule has 24 heavy (non-hydrogen) atoms. The van der Waals surface area contributed by atoms with E-state index in [1.165, 1.54) is 18.2 Å². The highest BCUT2D eigenvalue weighted by Crippen LogP contribution is 2.32. The first kappa shape index (κ1) is 17.9. The zero-order valence-electron chi connectivity index (χ0n) is 12.0. The van der Waals surface area contributed by atoms with Crippen molar-refractivity contribution in [2.45, 2.75) is 9.79 Å². The summed E-state index contributed by atoms with van der Waals surface area (Å²) in [5.41, 5.74) is 5.26. The number of hydrogen-bond donors (Lipinski definition) is 4. The summed E-state index contributed by atoms with van der Waals surface area (Å²) in [5, 5.41) is 6.07. The van der Waals surface area contributed by atoms with Crippen molar-refractivity contribution in [3.8, 4) is 0 Å². The Balaban J connectivity index is 0.000000355. The van der Waals surface area contributed by atoms with Crippen LogP contribution in [0.4, 0.5) is 5.69 Å². The van der Waals surface area contributed by atoms with Gasteiger partial charge in [-0.3, -0.25) is 14.2 Å². The van der Waals surface area contributed by atoms with Crippen LogP contribution in [0.15, 0.2) is 58.6 Å². The molecular weight excluding hydrogens is 358 g/mol. The molecule has 0 unspecified atom stereocenters. The van der Waals surface area contributed by atoms with Crippen molar-refractivity contribution in [2.24, 2.45) is 0 Å². The van der Waals surface area contributed by atoms with Gasteiger partial charge in [-0.05, 0) is 18.2 Å². The number of H-pyrrole nitrogens is 1. The van der Waals surface area contributed by atoms with Crippen molar-refractivity contribution in [1.82, 2.24) is 10.2 Å². The Bertz CT molecular complexity index is 1040. The topological polar surface area (TPSA) is 163 Å². The number of nitrogen functional groups attached to an aromatic ring is 1. The average Bonchev–Trinajstić information content (AvgIpc) is 3.03. The maximum Gasteiger partial charge on any atom is 0.297 e. The lowest BCUT2D eigenvalue weighted by Crippen LogP contribution is -2.06. The standard InChI is InChI=1S/C10H9NO6S2.C3H4N2/c11-8-5-4-6-7(10(8)19(15,16)17)2-1-3-9(6)18(12,13)14;1-2-4-5-3-1/h1-5H,11H2,(H,12,13,14)(H,15,16,17);1-3H,(H,4,5). The molecule has 0 aliphatic carbocycles. The van der Waals surface area contributed by atoms with Crippen LogP contribution in [0.2, 0.25) is 0 Å². The van der Waals surface area contributed by atoms with Crippen LogP contribution in [0.5, 0.6) is 0 Å². The van der Waals surface area contributed by atoms with Gasteiger partial charge >= 0.3 is 0 Å². The van der Waals surface area contributed by atoms with Gasteiger partial charge in [0, 0.05) is 23.2 Å². The van der Waals surface area contributed by atoms with Crippen LogP contribution in [0.25, 0.3) is 10.8 Å². The zero-order chi connectivity index (χ0) is 18.0. The van der Waals surface area contributed by atoms with Crippen molar-refractivity contribution in [3.05, 3.63) is 48.8 Å². The summed E-state index contributed by atoms with van der Waals surface area (Å²) in [6, 6.07) is 7.85. The minimum atomic E-state index is -4.62. The van der Waals surface area contributed by atoms with E-state index in [-0.39, 0.29) is 16.5 Å². The van der Waals surface area contributed by atoms with E-state index in [1.54, 1.807) is 12.4 Å². The SMILES string of the molecule is Nc1ccc2c(S(=O)(=O)O)cccc2c1S(=O)(=O)O.c1cn[nH]c1. The first-order valence-electron chi connectivity index (χ1n) is 6.32. The van der Waals surface area contributed by atoms with Gasteiger partial charge < -0.3 is 5.73 Å². The van der Waals surface area contributed by atoms with Crippen LogP contribution >= 0.6 is 0 Å². The Hall–Kier alpha value is -2.47. The zero-order valence-corrected chi connectivity index (χ0v) is 13.6. The normalized spacial score (nSPS) is 11.8. The number of benzene rings is 2. The molecule has 0 atom stereocenters. The number of aromatic amines is 1. The highest BCUT2D eigenvalue weighted by molar-refractivity contribution is 7.86. The molecule has 5 N–H and O–H groups in total. The van der Waals surface area contributed by atoms with Crippen molar-refractivity contribution >= 4 is 36.7 Å². The van der Waals surface area contributed by atoms with E-state index < -0.39 is 30.0 Å². The second-order valence-corrected chi connectivity index (χ2v) is 7.30. The quantitative estimate of drug-likeness (QED) is 0.387. The van der Waals surface area contributed by atoms with Gasteiger partial charge in [-0.15, -0.1) is 0 Å². The van der Waals surface area contributed by atoms with Crippen LogP contribution in [0.3, 0.4) is 0 Å². The molecule has 2 aromatic carbocycles. The third-order valence-corrected chi connectivity index (χ3v) is 4.83. The number of hydrogen-bond acceptors (Lipinski definition) is 6. The number of fused-ring (bicyclic) bond motifs is 1. The summed E-state index contributed by atoms with van der Waals surface area (Å²) in [6.07, 6.45) is 3.46. The molecule has 128 valence electrons. The number of nitrogens with zero attached hydrogens (tertiary/aromatic N) is 1. The molecule has 0 spiro atoms. The molecule has 0 fully saturated rings. The number of anilines is 1. The molecule has 1 aromatic heterocycles. The highest BCUT2D eigenvalue weighted by Gasteiger charge is 2.21. The summed E-state index contributed by atoms with van der Waals surface area (Å²) < 4.78 is 63.2. The van der Waals surface area contributed by atoms with Crippen LogP contribution in [0.1, 0.15) is 0 Å². The Morgan fingerprint density at radius 3 is 2.08 bits per heavy atom. The third-order valence-electron chi connectivity index (χ3n) is 2.94. The molecule has 3 rings (SSSR count). The van der Waals surface area contributed by atoms with Gasteiger partial charge in [-0.25, -0.2) is 0 Å². The van der Waals surface area contributed by atoms with Crippen LogP contribution in [-0.4, -0.2) is 36.1 Å². The third kappa shape index (κ3) is 3.89. The van der Waals surface area contributed by atoms with E-state index in [0.29, 0.717) is 0 Å². The second kappa shape index (κ2) is 6.57. The van der Waals surface area contributed by atoms with Crippen molar-refractivity contribution in [2.75, 3.05) is 5.73 Å². The summed E-state index contributed by atoms with van der Waals surface area (Å²) in [5.74, 6) is 0. The molecule has 0 aliphatic rings. The van der Waals surface area contributed by atoms with Crippen LogP contribution in [0, 0.1) is 0 Å². The largest absolute Gasteiger partial charge is 0.398 e. The molecule has 0 radical (unpaired) electrons. The van der Waals surface area contributed by atoms with Crippen molar-refractivity contribution in [1.29, 1.82) is 0 Å². The summed E-state index contributed by atoms with van der Waals surface area (Å²) in [6.45, 7) is 0. The number of nitrogens with one attached hydrogen (secondary N) is 1. The number of aromatic nitrogens is 2. The molecule has 0 saturated carbocycles. The molecule has 9 nitrogen and oxygen atoms in total. The fourth-order valence-corrected chi connectivity index (χ4v) is 3.57. The molecule has 0 aliphatic heterocycles. The fraction of sp³-hybridized carbons (Fsp3) is 0. The van der Waals surface area contributed by atoms with E-state index >= 15 is 0 Å². The number of rotatable bonds is 2. The Labute approximate surface area is 137 Å². The van der Waals surface area contributed by atoms with Gasteiger partial charge in [0.2, 0.25) is 0 Å². The lowest BCUT2D eigenvalue weighted by molar-refractivity contribution is 0.481. The highest BCUT2D eigenvalue weighted by atomic mass is 32.2. The van der Waals surface area contributed by atoms with Crippen LogP contribution < -0.4 is 5.73 Å². The molecule has 0 amide bonds. The maximum absolute atomic E-state index is 11.3. The summed E-state index contributed by atoms with van der Waals surface area (Å²) in [7, 11) is -9.15.